The number of nitrogens with zero attached hydrogens (tertiary/aromatic N) is 3. The Bertz CT molecular complexity index is 693. The van der Waals surface area contributed by atoms with Gasteiger partial charge in [0.15, 0.2) is 0 Å². The molecule has 3 rings (SSSR count). The Balaban J connectivity index is 1.91. The van der Waals surface area contributed by atoms with E-state index in [4.69, 9.17) is 0 Å². The maximum Gasteiger partial charge on any atom is 0.258 e. The second kappa shape index (κ2) is 4.79. The van der Waals surface area contributed by atoms with Gasteiger partial charge in [0.25, 0.3) is 5.91 Å². The summed E-state index contributed by atoms with van der Waals surface area (Å²) in [6.45, 7) is 3.66. The van der Waals surface area contributed by atoms with Crippen molar-refractivity contribution < 1.29 is 9.18 Å². The third-order valence-electron chi connectivity index (χ3n) is 3.28. The third-order valence-corrected chi connectivity index (χ3v) is 4.09. The van der Waals surface area contributed by atoms with E-state index >= 15 is 0 Å². The molecule has 6 heteroatoms. The number of aromatic nitrogens is 1. The number of hydrogen-bond donors (Lipinski definition) is 0. The Hall–Kier alpha value is -2.08. The third kappa shape index (κ3) is 2.12. The zero-order valence-electron chi connectivity index (χ0n) is 11.0. The number of hydrazone groups is 1. The predicted molar refractivity (Wildman–Crippen MR) is 77.3 cm³/mol. The van der Waals surface area contributed by atoms with Gasteiger partial charge in [0, 0.05) is 16.7 Å². The lowest BCUT2D eigenvalue weighted by atomic mass is 10.1. The van der Waals surface area contributed by atoms with E-state index in [1.54, 1.807) is 12.1 Å². The fourth-order valence-electron chi connectivity index (χ4n) is 1.91. The molecular weight excluding hydrogens is 277 g/mol. The fraction of sp³-hybridized carbons (Fsp3) is 0.214. The standard InChI is InChI=1S/C14H12FN3OS/c1-8-9(2)17-18(13(8)19)14-16-12(7-20-14)10-3-5-11(15)6-4-10/h3-8H,1-2H3/t8-/m0/s1. The monoisotopic (exact) mass is 289 g/mol. The van der Waals surface area contributed by atoms with Crippen LogP contribution in [0.15, 0.2) is 34.7 Å². The van der Waals surface area contributed by atoms with Gasteiger partial charge in [-0.25, -0.2) is 9.37 Å². The summed E-state index contributed by atoms with van der Waals surface area (Å²) in [4.78, 5) is 16.4. The Labute approximate surface area is 119 Å². The number of carbonyl (C=O) groups excluding carboxylic acids is 1. The van der Waals surface area contributed by atoms with Crippen LogP contribution < -0.4 is 5.01 Å². The molecule has 2 heterocycles. The van der Waals surface area contributed by atoms with Gasteiger partial charge in [0.2, 0.25) is 5.13 Å². The molecule has 20 heavy (non-hydrogen) atoms. The molecule has 0 N–H and O–H groups in total. The summed E-state index contributed by atoms with van der Waals surface area (Å²) in [5.41, 5.74) is 2.31. The smallest absolute Gasteiger partial charge is 0.258 e. The van der Waals surface area contributed by atoms with Crippen LogP contribution >= 0.6 is 11.3 Å². The lowest BCUT2D eigenvalue weighted by Crippen LogP contribution is -2.24. The summed E-state index contributed by atoms with van der Waals surface area (Å²) in [5.74, 6) is -0.552. The van der Waals surface area contributed by atoms with Gasteiger partial charge in [0.1, 0.15) is 5.82 Å². The van der Waals surface area contributed by atoms with Gasteiger partial charge in [-0.05, 0) is 38.1 Å². The van der Waals surface area contributed by atoms with Gasteiger partial charge < -0.3 is 0 Å². The number of anilines is 1. The fourth-order valence-corrected chi connectivity index (χ4v) is 2.70. The van der Waals surface area contributed by atoms with Crippen LogP contribution in [0.2, 0.25) is 0 Å². The molecule has 1 aliphatic rings. The van der Waals surface area contributed by atoms with Crippen LogP contribution in [0.5, 0.6) is 0 Å². The number of rotatable bonds is 2. The van der Waals surface area contributed by atoms with Gasteiger partial charge in [-0.2, -0.15) is 10.1 Å². The van der Waals surface area contributed by atoms with E-state index in [0.717, 1.165) is 11.3 Å². The average molecular weight is 289 g/mol. The number of carbonyl (C=O) groups is 1. The minimum atomic E-state index is -0.284. The molecule has 1 aromatic carbocycles. The van der Waals surface area contributed by atoms with E-state index in [0.29, 0.717) is 10.8 Å². The van der Waals surface area contributed by atoms with E-state index in [1.807, 2.05) is 19.2 Å². The summed E-state index contributed by atoms with van der Waals surface area (Å²) >= 11 is 1.35. The molecule has 1 aromatic heterocycles. The lowest BCUT2D eigenvalue weighted by Gasteiger charge is -2.07. The van der Waals surface area contributed by atoms with Crippen molar-refractivity contribution in [2.75, 3.05) is 5.01 Å². The minimum Gasteiger partial charge on any atom is -0.272 e. The zero-order valence-corrected chi connectivity index (χ0v) is 11.8. The van der Waals surface area contributed by atoms with Crippen molar-refractivity contribution in [3.05, 3.63) is 35.5 Å². The molecule has 0 saturated carbocycles. The van der Waals surface area contributed by atoms with Crippen molar-refractivity contribution >= 4 is 28.1 Å². The SMILES string of the molecule is CC1=NN(c2nc(-c3ccc(F)cc3)cs2)C(=O)[C@H]1C. The lowest BCUT2D eigenvalue weighted by molar-refractivity contribution is -0.119. The molecule has 1 atom stereocenters. The molecule has 4 nitrogen and oxygen atoms in total. The highest BCUT2D eigenvalue weighted by molar-refractivity contribution is 7.14. The average Bonchev–Trinajstić information content (AvgIpc) is 3.01. The second-order valence-corrected chi connectivity index (χ2v) is 5.47. The maximum absolute atomic E-state index is 12.9. The van der Waals surface area contributed by atoms with Gasteiger partial charge in [-0.15, -0.1) is 11.3 Å². The highest BCUT2D eigenvalue weighted by Crippen LogP contribution is 2.30. The van der Waals surface area contributed by atoms with Gasteiger partial charge in [-0.3, -0.25) is 4.79 Å². The van der Waals surface area contributed by atoms with Crippen LogP contribution in [0.4, 0.5) is 9.52 Å². The molecule has 2 aromatic rings. The van der Waals surface area contributed by atoms with Crippen molar-refractivity contribution in [1.82, 2.24) is 4.98 Å². The van der Waals surface area contributed by atoms with Crippen LogP contribution in [0.3, 0.4) is 0 Å². The summed E-state index contributed by atoms with van der Waals surface area (Å²) in [5, 5.41) is 7.95. The summed E-state index contributed by atoms with van der Waals surface area (Å²) in [6.07, 6.45) is 0. The Morgan fingerprint density at radius 1 is 1.30 bits per heavy atom. The van der Waals surface area contributed by atoms with E-state index in [1.165, 1.54) is 28.5 Å². The van der Waals surface area contributed by atoms with Crippen LogP contribution in [-0.2, 0) is 4.79 Å². The first-order chi connectivity index (χ1) is 9.56. The minimum absolute atomic E-state index is 0.0671. The van der Waals surface area contributed by atoms with E-state index in [-0.39, 0.29) is 17.6 Å². The zero-order chi connectivity index (χ0) is 14.3. The quantitative estimate of drug-likeness (QED) is 0.851. The van der Waals surface area contributed by atoms with E-state index < -0.39 is 0 Å². The second-order valence-electron chi connectivity index (χ2n) is 4.64. The first kappa shape index (κ1) is 12.9. The van der Waals surface area contributed by atoms with Crippen LogP contribution in [0, 0.1) is 11.7 Å². The van der Waals surface area contributed by atoms with Crippen molar-refractivity contribution in [2.24, 2.45) is 11.0 Å². The van der Waals surface area contributed by atoms with Crippen LogP contribution in [0.25, 0.3) is 11.3 Å². The van der Waals surface area contributed by atoms with Gasteiger partial charge >= 0.3 is 0 Å². The van der Waals surface area contributed by atoms with Crippen LogP contribution in [-0.4, -0.2) is 16.6 Å². The van der Waals surface area contributed by atoms with Crippen molar-refractivity contribution in [3.63, 3.8) is 0 Å². The summed E-state index contributed by atoms with van der Waals surface area (Å²) in [7, 11) is 0. The van der Waals surface area contributed by atoms with E-state index in [2.05, 4.69) is 10.1 Å². The number of amides is 1. The molecule has 0 saturated heterocycles. The molecule has 0 bridgehead atoms. The van der Waals surface area contributed by atoms with Gasteiger partial charge in [-0.1, -0.05) is 0 Å². The first-order valence-corrected chi connectivity index (χ1v) is 7.05. The molecule has 0 aliphatic carbocycles. The molecule has 0 radical (unpaired) electrons. The number of thiazole rings is 1. The van der Waals surface area contributed by atoms with E-state index in [9.17, 15) is 9.18 Å². The van der Waals surface area contributed by atoms with Crippen LogP contribution in [0.1, 0.15) is 13.8 Å². The molecule has 0 spiro atoms. The molecule has 0 unspecified atom stereocenters. The first-order valence-electron chi connectivity index (χ1n) is 6.17. The summed E-state index contributed by atoms with van der Waals surface area (Å²) in [6, 6.07) is 6.10. The molecular formula is C14H12FN3OS. The number of halogens is 1. The topological polar surface area (TPSA) is 45.6 Å². The van der Waals surface area contributed by atoms with Crippen molar-refractivity contribution in [3.8, 4) is 11.3 Å². The highest BCUT2D eigenvalue weighted by atomic mass is 32.1. The Kier molecular flexibility index (Phi) is 3.10. The Morgan fingerprint density at radius 3 is 2.60 bits per heavy atom. The number of hydrogen-bond acceptors (Lipinski definition) is 4. The number of benzene rings is 1. The Morgan fingerprint density at radius 2 is 2.00 bits per heavy atom. The molecule has 102 valence electrons. The van der Waals surface area contributed by atoms with Crippen molar-refractivity contribution in [1.29, 1.82) is 0 Å². The normalized spacial score (nSPS) is 18.6. The van der Waals surface area contributed by atoms with Gasteiger partial charge in [0.05, 0.1) is 11.6 Å². The molecule has 0 fully saturated rings. The highest BCUT2D eigenvalue weighted by Gasteiger charge is 2.32. The maximum atomic E-state index is 12.9. The van der Waals surface area contributed by atoms with Crippen molar-refractivity contribution in [2.45, 2.75) is 13.8 Å². The molecule has 1 amide bonds. The molecule has 1 aliphatic heterocycles. The summed E-state index contributed by atoms with van der Waals surface area (Å²) < 4.78 is 12.9. The predicted octanol–water partition coefficient (Wildman–Crippen LogP) is 3.31. The largest absolute Gasteiger partial charge is 0.272 e.